The molecule has 3 rings (SSSR count). The summed E-state index contributed by atoms with van der Waals surface area (Å²) in [7, 11) is 0. The maximum Gasteiger partial charge on any atom is 0.257 e. The first-order chi connectivity index (χ1) is 13.6. The summed E-state index contributed by atoms with van der Waals surface area (Å²) in [4.78, 5) is 21.2. The van der Waals surface area contributed by atoms with Crippen LogP contribution in [0.2, 0.25) is 0 Å². The lowest BCUT2D eigenvalue weighted by atomic mass is 10.0. The van der Waals surface area contributed by atoms with Gasteiger partial charge in [0.2, 0.25) is 5.96 Å². The Morgan fingerprint density at radius 3 is 2.46 bits per heavy atom. The lowest BCUT2D eigenvalue weighted by molar-refractivity contribution is 0.0977. The number of carbonyl (C=O) groups excluding carboxylic acids is 1. The second kappa shape index (κ2) is 9.46. The Morgan fingerprint density at radius 2 is 1.75 bits per heavy atom. The highest BCUT2D eigenvalue weighted by molar-refractivity contribution is 6.09. The van der Waals surface area contributed by atoms with Crippen LogP contribution >= 0.6 is 0 Å². The lowest BCUT2D eigenvalue weighted by Gasteiger charge is -2.14. The van der Waals surface area contributed by atoms with Crippen molar-refractivity contribution in [2.24, 2.45) is 4.99 Å². The van der Waals surface area contributed by atoms with Gasteiger partial charge >= 0.3 is 0 Å². The van der Waals surface area contributed by atoms with Crippen LogP contribution in [0.1, 0.15) is 41.3 Å². The summed E-state index contributed by atoms with van der Waals surface area (Å²) in [6, 6.07) is 21.0. The fourth-order valence-electron chi connectivity index (χ4n) is 2.65. The molecule has 0 unspecified atom stereocenters. The van der Waals surface area contributed by atoms with Crippen LogP contribution in [-0.4, -0.2) is 16.9 Å². The number of guanidine groups is 1. The minimum Gasteiger partial charge on any atom is -0.326 e. The van der Waals surface area contributed by atoms with Crippen molar-refractivity contribution in [3.8, 4) is 0 Å². The third kappa shape index (κ3) is 5.51. The number of amides is 1. The van der Waals surface area contributed by atoms with Gasteiger partial charge in [0, 0.05) is 23.6 Å². The number of benzene rings is 2. The van der Waals surface area contributed by atoms with Gasteiger partial charge in [-0.05, 0) is 53.4 Å². The molecule has 3 aromatic rings. The molecule has 1 heterocycles. The van der Waals surface area contributed by atoms with Gasteiger partial charge in [-0.15, -0.1) is 0 Å². The van der Waals surface area contributed by atoms with E-state index in [-0.39, 0.29) is 5.91 Å². The van der Waals surface area contributed by atoms with Crippen molar-refractivity contribution in [1.29, 1.82) is 0 Å². The van der Waals surface area contributed by atoms with Crippen molar-refractivity contribution in [3.05, 3.63) is 95.8 Å². The lowest BCUT2D eigenvalue weighted by Crippen LogP contribution is -2.36. The highest BCUT2D eigenvalue weighted by atomic mass is 16.1. The Labute approximate surface area is 165 Å². The average molecular weight is 372 g/mol. The number of hydrogen-bond acceptors (Lipinski definition) is 3. The summed E-state index contributed by atoms with van der Waals surface area (Å²) < 4.78 is 0. The van der Waals surface area contributed by atoms with Crippen LogP contribution in [0, 0.1) is 0 Å². The average Bonchev–Trinajstić information content (AvgIpc) is 2.73. The van der Waals surface area contributed by atoms with E-state index in [4.69, 9.17) is 0 Å². The molecule has 0 saturated heterocycles. The standard InChI is InChI=1S/C23H24N4O/c1-17(2)20-9-6-10-21(15-20)26-23(25-16-18-11-13-24-14-12-18)27-22(28)19-7-4-3-5-8-19/h3-15,17H,16H2,1-2H3,(H2,25,26,27,28). The van der Waals surface area contributed by atoms with Gasteiger partial charge in [-0.25, -0.2) is 4.99 Å². The van der Waals surface area contributed by atoms with Crippen LogP contribution in [0.3, 0.4) is 0 Å². The Hall–Kier alpha value is -3.47. The van der Waals surface area contributed by atoms with Crippen molar-refractivity contribution in [2.45, 2.75) is 26.3 Å². The second-order valence-electron chi connectivity index (χ2n) is 6.75. The SMILES string of the molecule is CC(C)c1cccc(NC(=NCc2ccncc2)NC(=O)c2ccccc2)c1. The van der Waals surface area contributed by atoms with Crippen LogP contribution in [0.15, 0.2) is 84.1 Å². The van der Waals surface area contributed by atoms with Crippen molar-refractivity contribution in [1.82, 2.24) is 10.3 Å². The third-order valence-electron chi connectivity index (χ3n) is 4.25. The van der Waals surface area contributed by atoms with E-state index in [0.29, 0.717) is 24.0 Å². The van der Waals surface area contributed by atoms with E-state index in [9.17, 15) is 4.79 Å². The normalized spacial score (nSPS) is 11.3. The summed E-state index contributed by atoms with van der Waals surface area (Å²) >= 11 is 0. The number of nitrogens with one attached hydrogen (secondary N) is 2. The van der Waals surface area contributed by atoms with Gasteiger partial charge in [-0.3, -0.25) is 15.1 Å². The van der Waals surface area contributed by atoms with Crippen molar-refractivity contribution in [3.63, 3.8) is 0 Å². The molecule has 0 aliphatic heterocycles. The monoisotopic (exact) mass is 372 g/mol. The van der Waals surface area contributed by atoms with Crippen molar-refractivity contribution in [2.75, 3.05) is 5.32 Å². The van der Waals surface area contributed by atoms with Gasteiger partial charge in [0.05, 0.1) is 6.54 Å². The number of aromatic nitrogens is 1. The van der Waals surface area contributed by atoms with Gasteiger partial charge in [0.15, 0.2) is 0 Å². The molecule has 0 saturated carbocycles. The highest BCUT2D eigenvalue weighted by Gasteiger charge is 2.10. The molecule has 0 aliphatic rings. The quantitative estimate of drug-likeness (QED) is 0.508. The first-order valence-corrected chi connectivity index (χ1v) is 9.28. The summed E-state index contributed by atoms with van der Waals surface area (Å²) in [5.41, 5.74) is 3.69. The molecule has 28 heavy (non-hydrogen) atoms. The molecule has 0 bridgehead atoms. The predicted molar refractivity (Wildman–Crippen MR) is 113 cm³/mol. The molecule has 2 N–H and O–H groups in total. The molecule has 1 amide bonds. The van der Waals surface area contributed by atoms with Gasteiger partial charge in [0.25, 0.3) is 5.91 Å². The van der Waals surface area contributed by atoms with Crippen LogP contribution in [0.5, 0.6) is 0 Å². The smallest absolute Gasteiger partial charge is 0.257 e. The van der Waals surface area contributed by atoms with Gasteiger partial charge in [-0.2, -0.15) is 0 Å². The molecular formula is C23H24N4O. The fourth-order valence-corrected chi connectivity index (χ4v) is 2.65. The Kier molecular flexibility index (Phi) is 6.52. The van der Waals surface area contributed by atoms with E-state index in [0.717, 1.165) is 11.3 Å². The molecule has 5 heteroatoms. The van der Waals surface area contributed by atoms with E-state index in [2.05, 4.69) is 46.6 Å². The zero-order valence-corrected chi connectivity index (χ0v) is 16.1. The number of nitrogens with zero attached hydrogens (tertiary/aromatic N) is 2. The fraction of sp³-hybridized carbons (Fsp3) is 0.174. The molecule has 142 valence electrons. The third-order valence-corrected chi connectivity index (χ3v) is 4.25. The molecular weight excluding hydrogens is 348 g/mol. The van der Waals surface area contributed by atoms with Gasteiger partial charge in [0.1, 0.15) is 0 Å². The van der Waals surface area contributed by atoms with E-state index >= 15 is 0 Å². The first-order valence-electron chi connectivity index (χ1n) is 9.28. The van der Waals surface area contributed by atoms with Crippen LogP contribution in [0.4, 0.5) is 5.69 Å². The minimum absolute atomic E-state index is 0.207. The number of hydrogen-bond donors (Lipinski definition) is 2. The molecule has 2 aromatic carbocycles. The van der Waals surface area contributed by atoms with Crippen molar-refractivity contribution < 1.29 is 4.79 Å². The van der Waals surface area contributed by atoms with E-state index in [1.165, 1.54) is 5.56 Å². The maximum atomic E-state index is 12.6. The molecule has 0 spiro atoms. The number of pyridine rings is 1. The Bertz CT molecular complexity index is 937. The number of carbonyl (C=O) groups is 1. The first kappa shape index (κ1) is 19.3. The molecule has 1 aromatic heterocycles. The minimum atomic E-state index is -0.207. The topological polar surface area (TPSA) is 66.4 Å². The number of aliphatic imine (C=N–C) groups is 1. The summed E-state index contributed by atoms with van der Waals surface area (Å²) in [5, 5.41) is 6.13. The highest BCUT2D eigenvalue weighted by Crippen LogP contribution is 2.18. The molecule has 0 aliphatic carbocycles. The van der Waals surface area contributed by atoms with E-state index < -0.39 is 0 Å². The molecule has 0 radical (unpaired) electrons. The van der Waals surface area contributed by atoms with Gasteiger partial charge in [-0.1, -0.05) is 44.2 Å². The summed E-state index contributed by atoms with van der Waals surface area (Å²) in [5.74, 6) is 0.617. The van der Waals surface area contributed by atoms with Crippen LogP contribution < -0.4 is 10.6 Å². The van der Waals surface area contributed by atoms with Crippen LogP contribution in [-0.2, 0) is 6.54 Å². The predicted octanol–water partition coefficient (Wildman–Crippen LogP) is 4.60. The van der Waals surface area contributed by atoms with Crippen molar-refractivity contribution >= 4 is 17.6 Å². The zero-order chi connectivity index (χ0) is 19.8. The molecule has 0 fully saturated rings. The maximum absolute atomic E-state index is 12.6. The van der Waals surface area contributed by atoms with E-state index in [1.54, 1.807) is 24.5 Å². The Morgan fingerprint density at radius 1 is 1.00 bits per heavy atom. The summed E-state index contributed by atoms with van der Waals surface area (Å²) in [6.45, 7) is 4.73. The number of anilines is 1. The Balaban J connectivity index is 1.81. The number of rotatable bonds is 5. The summed E-state index contributed by atoms with van der Waals surface area (Å²) in [6.07, 6.45) is 3.46. The zero-order valence-electron chi connectivity index (χ0n) is 16.1. The van der Waals surface area contributed by atoms with Crippen LogP contribution in [0.25, 0.3) is 0 Å². The second-order valence-corrected chi connectivity index (χ2v) is 6.75. The largest absolute Gasteiger partial charge is 0.326 e. The molecule has 0 atom stereocenters. The van der Waals surface area contributed by atoms with Gasteiger partial charge < -0.3 is 5.32 Å². The van der Waals surface area contributed by atoms with E-state index in [1.807, 2.05) is 42.5 Å². The molecule has 5 nitrogen and oxygen atoms in total.